The van der Waals surface area contributed by atoms with E-state index in [0.717, 1.165) is 4.31 Å². The molecule has 0 saturated heterocycles. The maximum atomic E-state index is 12.5. The molecule has 9 heteroatoms. The third kappa shape index (κ3) is 2.68. The van der Waals surface area contributed by atoms with Crippen LogP contribution in [-0.2, 0) is 17.1 Å². The lowest BCUT2D eigenvalue weighted by molar-refractivity contribution is 0.318. The Kier molecular flexibility index (Phi) is 3.85. The first kappa shape index (κ1) is 14.9. The van der Waals surface area contributed by atoms with E-state index in [1.54, 1.807) is 31.3 Å². The Morgan fingerprint density at radius 2 is 1.95 bits per heavy atom. The van der Waals surface area contributed by atoms with Gasteiger partial charge in [-0.15, -0.1) is 0 Å². The van der Waals surface area contributed by atoms with Gasteiger partial charge in [0.1, 0.15) is 0 Å². The average Bonchev–Trinajstić information content (AvgIpc) is 2.92. The minimum Gasteiger partial charge on any atom is -0.409 e. The molecule has 0 atom stereocenters. The Labute approximate surface area is 122 Å². The van der Waals surface area contributed by atoms with Crippen LogP contribution >= 0.6 is 0 Å². The first-order valence-electron chi connectivity index (χ1n) is 5.93. The van der Waals surface area contributed by atoms with E-state index in [2.05, 4.69) is 10.3 Å². The second-order valence-corrected chi connectivity index (χ2v) is 6.21. The van der Waals surface area contributed by atoms with E-state index in [0.29, 0.717) is 11.3 Å². The molecular weight excluding hydrogens is 294 g/mol. The molecule has 112 valence electrons. The van der Waals surface area contributed by atoms with Gasteiger partial charge in [0.25, 0.3) is 10.0 Å². The predicted molar refractivity (Wildman–Crippen MR) is 77.7 cm³/mol. The van der Waals surface area contributed by atoms with Crippen LogP contribution in [0.4, 0.5) is 5.69 Å². The van der Waals surface area contributed by atoms with Crippen LogP contribution in [0.3, 0.4) is 0 Å². The normalized spacial score (nSPS) is 12.4. The van der Waals surface area contributed by atoms with Gasteiger partial charge in [0.2, 0.25) is 0 Å². The van der Waals surface area contributed by atoms with Crippen LogP contribution in [0.2, 0.25) is 0 Å². The van der Waals surface area contributed by atoms with E-state index in [4.69, 9.17) is 10.9 Å². The molecule has 2 aromatic rings. The molecule has 0 amide bonds. The van der Waals surface area contributed by atoms with Gasteiger partial charge in [-0.25, -0.2) is 0 Å². The first-order valence-corrected chi connectivity index (χ1v) is 7.37. The summed E-state index contributed by atoms with van der Waals surface area (Å²) in [6.45, 7) is 0. The highest BCUT2D eigenvalue weighted by Gasteiger charge is 2.24. The lowest BCUT2D eigenvalue weighted by Gasteiger charge is -2.19. The summed E-state index contributed by atoms with van der Waals surface area (Å²) >= 11 is 0. The molecule has 0 saturated carbocycles. The summed E-state index contributed by atoms with van der Waals surface area (Å²) in [5, 5.41) is 15.4. The van der Waals surface area contributed by atoms with Crippen molar-refractivity contribution in [1.82, 2.24) is 9.78 Å². The molecule has 1 heterocycles. The van der Waals surface area contributed by atoms with Crippen molar-refractivity contribution in [2.45, 2.75) is 5.03 Å². The number of benzene rings is 1. The van der Waals surface area contributed by atoms with Crippen LogP contribution in [0.5, 0.6) is 0 Å². The van der Waals surface area contributed by atoms with E-state index in [-0.39, 0.29) is 10.9 Å². The third-order valence-corrected chi connectivity index (χ3v) is 4.90. The van der Waals surface area contributed by atoms with Crippen molar-refractivity contribution in [2.75, 3.05) is 11.4 Å². The van der Waals surface area contributed by atoms with Gasteiger partial charge in [0.05, 0.1) is 11.9 Å². The van der Waals surface area contributed by atoms with Crippen LogP contribution in [0.25, 0.3) is 0 Å². The van der Waals surface area contributed by atoms with Crippen LogP contribution in [0.1, 0.15) is 5.56 Å². The Morgan fingerprint density at radius 1 is 1.33 bits per heavy atom. The van der Waals surface area contributed by atoms with Crippen molar-refractivity contribution in [3.8, 4) is 0 Å². The molecule has 0 spiro atoms. The second kappa shape index (κ2) is 5.44. The van der Waals surface area contributed by atoms with Gasteiger partial charge in [-0.3, -0.25) is 8.99 Å². The summed E-state index contributed by atoms with van der Waals surface area (Å²) in [5.74, 6) is -0.0429. The molecule has 2 rings (SSSR count). The van der Waals surface area contributed by atoms with Gasteiger partial charge in [-0.1, -0.05) is 5.16 Å². The number of amidine groups is 1. The molecule has 8 nitrogen and oxygen atoms in total. The standard InChI is InChI=1S/C12H15N5O3S/c1-16-11(7-8-14-16)21(19,20)17(2)10-5-3-9(4-6-10)12(13)15-18/h3-8,18H,1-2H3,(H2,13,15). The molecule has 0 radical (unpaired) electrons. The Hall–Kier alpha value is -2.55. The fourth-order valence-electron chi connectivity index (χ4n) is 1.79. The maximum Gasteiger partial charge on any atom is 0.281 e. The number of oxime groups is 1. The Morgan fingerprint density at radius 3 is 2.43 bits per heavy atom. The molecule has 0 aliphatic heterocycles. The molecule has 1 aromatic carbocycles. The Bertz CT molecular complexity index is 764. The quantitative estimate of drug-likeness (QED) is 0.366. The zero-order chi connectivity index (χ0) is 15.6. The lowest BCUT2D eigenvalue weighted by Crippen LogP contribution is -2.28. The van der Waals surface area contributed by atoms with Gasteiger partial charge >= 0.3 is 0 Å². The number of rotatable bonds is 4. The molecule has 0 unspecified atom stereocenters. The number of sulfonamides is 1. The summed E-state index contributed by atoms with van der Waals surface area (Å²) < 4.78 is 27.4. The molecule has 0 aliphatic carbocycles. The van der Waals surface area contributed by atoms with Gasteiger partial charge in [0.15, 0.2) is 10.9 Å². The zero-order valence-corrected chi connectivity index (χ0v) is 12.3. The summed E-state index contributed by atoms with van der Waals surface area (Å²) in [6, 6.07) is 7.71. The van der Waals surface area contributed by atoms with E-state index in [1.165, 1.54) is 24.0 Å². The monoisotopic (exact) mass is 309 g/mol. The number of anilines is 1. The summed E-state index contributed by atoms with van der Waals surface area (Å²) in [5.41, 5.74) is 6.40. The lowest BCUT2D eigenvalue weighted by atomic mass is 10.2. The van der Waals surface area contributed by atoms with E-state index < -0.39 is 10.0 Å². The summed E-state index contributed by atoms with van der Waals surface area (Å²) in [7, 11) is -0.692. The minimum atomic E-state index is -3.70. The number of nitrogens with zero attached hydrogens (tertiary/aromatic N) is 4. The third-order valence-electron chi connectivity index (χ3n) is 3.04. The fourth-order valence-corrected chi connectivity index (χ4v) is 3.09. The highest BCUT2D eigenvalue weighted by Crippen LogP contribution is 2.21. The largest absolute Gasteiger partial charge is 0.409 e. The summed E-state index contributed by atoms with van der Waals surface area (Å²) in [4.78, 5) is 0. The van der Waals surface area contributed by atoms with Crippen molar-refractivity contribution in [1.29, 1.82) is 0 Å². The average molecular weight is 309 g/mol. The van der Waals surface area contributed by atoms with E-state index in [9.17, 15) is 8.42 Å². The molecule has 0 aliphatic rings. The zero-order valence-electron chi connectivity index (χ0n) is 11.5. The van der Waals surface area contributed by atoms with E-state index >= 15 is 0 Å². The molecule has 0 fully saturated rings. The highest BCUT2D eigenvalue weighted by atomic mass is 32.2. The number of aromatic nitrogens is 2. The van der Waals surface area contributed by atoms with E-state index in [1.807, 2.05) is 0 Å². The molecule has 0 bridgehead atoms. The number of aryl methyl sites for hydroxylation is 1. The molecule has 21 heavy (non-hydrogen) atoms. The van der Waals surface area contributed by atoms with Crippen molar-refractivity contribution in [3.63, 3.8) is 0 Å². The van der Waals surface area contributed by atoms with Crippen molar-refractivity contribution >= 4 is 21.5 Å². The first-order chi connectivity index (χ1) is 9.87. The minimum absolute atomic E-state index is 0.0429. The molecule has 3 N–H and O–H groups in total. The molecule has 1 aromatic heterocycles. The predicted octanol–water partition coefficient (Wildman–Crippen LogP) is 0.340. The SMILES string of the molecule is CN(c1ccc(/C(N)=N/O)cc1)S(=O)(=O)c1ccnn1C. The maximum absolute atomic E-state index is 12.5. The van der Waals surface area contributed by atoms with Crippen molar-refractivity contribution in [3.05, 3.63) is 42.1 Å². The Balaban J connectivity index is 2.36. The van der Waals surface area contributed by atoms with Gasteiger partial charge in [-0.05, 0) is 30.3 Å². The molecular formula is C12H15N5O3S. The van der Waals surface area contributed by atoms with Crippen molar-refractivity contribution in [2.24, 2.45) is 17.9 Å². The smallest absolute Gasteiger partial charge is 0.281 e. The second-order valence-electron chi connectivity index (χ2n) is 4.30. The highest BCUT2D eigenvalue weighted by molar-refractivity contribution is 7.92. The van der Waals surface area contributed by atoms with Crippen LogP contribution in [0, 0.1) is 0 Å². The summed E-state index contributed by atoms with van der Waals surface area (Å²) in [6.07, 6.45) is 1.42. The van der Waals surface area contributed by atoms with Gasteiger partial charge in [0, 0.05) is 19.7 Å². The number of nitrogens with two attached hydrogens (primary N) is 1. The van der Waals surface area contributed by atoms with Crippen molar-refractivity contribution < 1.29 is 13.6 Å². The topological polar surface area (TPSA) is 114 Å². The van der Waals surface area contributed by atoms with Crippen LogP contribution in [0.15, 0.2) is 46.7 Å². The number of hydrogen-bond acceptors (Lipinski definition) is 5. The van der Waals surface area contributed by atoms with Crippen LogP contribution in [-0.4, -0.2) is 36.3 Å². The van der Waals surface area contributed by atoms with Crippen LogP contribution < -0.4 is 10.0 Å². The number of hydrogen-bond donors (Lipinski definition) is 2. The van der Waals surface area contributed by atoms with Gasteiger partial charge < -0.3 is 10.9 Å². The fraction of sp³-hybridized carbons (Fsp3) is 0.167. The van der Waals surface area contributed by atoms with Gasteiger partial charge in [-0.2, -0.15) is 13.5 Å².